The van der Waals surface area contributed by atoms with E-state index in [-0.39, 0.29) is 5.82 Å². The SMILES string of the molecule is [B](C(c1ccccc1)c1ccccc1)N1CC=CN1. The zero-order chi connectivity index (χ0) is 12.9. The summed E-state index contributed by atoms with van der Waals surface area (Å²) >= 11 is 0. The normalized spacial score (nSPS) is 14.6. The van der Waals surface area contributed by atoms with Gasteiger partial charge in [-0.1, -0.05) is 66.7 Å². The van der Waals surface area contributed by atoms with Crippen LogP contribution in [0.25, 0.3) is 0 Å². The van der Waals surface area contributed by atoms with Crippen LogP contribution in [0.2, 0.25) is 0 Å². The molecule has 0 aromatic heterocycles. The van der Waals surface area contributed by atoms with Crippen molar-refractivity contribution in [3.8, 4) is 0 Å². The topological polar surface area (TPSA) is 15.3 Å². The molecule has 0 amide bonds. The fourth-order valence-corrected chi connectivity index (χ4v) is 2.34. The Balaban J connectivity index is 1.87. The van der Waals surface area contributed by atoms with Gasteiger partial charge in [0.05, 0.1) is 0 Å². The second-order valence-corrected chi connectivity index (χ2v) is 4.63. The van der Waals surface area contributed by atoms with Gasteiger partial charge in [-0.2, -0.15) is 0 Å². The lowest BCUT2D eigenvalue weighted by Crippen LogP contribution is -2.37. The monoisotopic (exact) mass is 247 g/mol. The lowest BCUT2D eigenvalue weighted by Gasteiger charge is -2.23. The molecule has 93 valence electrons. The number of benzene rings is 2. The van der Waals surface area contributed by atoms with Gasteiger partial charge in [0.2, 0.25) is 7.41 Å². The van der Waals surface area contributed by atoms with Crippen LogP contribution in [0.1, 0.15) is 16.9 Å². The molecule has 19 heavy (non-hydrogen) atoms. The zero-order valence-corrected chi connectivity index (χ0v) is 10.7. The van der Waals surface area contributed by atoms with Gasteiger partial charge in [-0.25, -0.2) is 0 Å². The van der Waals surface area contributed by atoms with E-state index in [1.807, 2.05) is 6.20 Å². The molecule has 0 fully saturated rings. The van der Waals surface area contributed by atoms with Crippen molar-refractivity contribution in [1.29, 1.82) is 0 Å². The molecule has 1 N–H and O–H groups in total. The summed E-state index contributed by atoms with van der Waals surface area (Å²) in [5, 5.41) is 0. The Hall–Kier alpha value is -2.00. The second-order valence-electron chi connectivity index (χ2n) is 4.63. The van der Waals surface area contributed by atoms with Gasteiger partial charge in [-0.3, -0.25) is 4.92 Å². The molecule has 3 heteroatoms. The van der Waals surface area contributed by atoms with E-state index >= 15 is 0 Å². The molecule has 0 unspecified atom stereocenters. The van der Waals surface area contributed by atoms with Gasteiger partial charge in [0, 0.05) is 18.6 Å². The van der Waals surface area contributed by atoms with Crippen molar-refractivity contribution in [1.82, 2.24) is 10.3 Å². The number of nitrogens with zero attached hydrogens (tertiary/aromatic N) is 1. The van der Waals surface area contributed by atoms with Crippen molar-refractivity contribution >= 4 is 7.41 Å². The quantitative estimate of drug-likeness (QED) is 0.835. The molecule has 0 aliphatic carbocycles. The maximum Gasteiger partial charge on any atom is 0.250 e. The smallest absolute Gasteiger partial charge is 0.250 e. The van der Waals surface area contributed by atoms with Crippen LogP contribution in [0.15, 0.2) is 72.9 Å². The number of hydrogen-bond donors (Lipinski definition) is 1. The van der Waals surface area contributed by atoms with Gasteiger partial charge in [0.25, 0.3) is 0 Å². The predicted octanol–water partition coefficient (Wildman–Crippen LogP) is 2.73. The molecule has 1 radical (unpaired) electrons. The van der Waals surface area contributed by atoms with Crippen molar-refractivity contribution < 1.29 is 0 Å². The molecular weight excluding hydrogens is 231 g/mol. The highest BCUT2D eigenvalue weighted by Gasteiger charge is 2.20. The molecule has 2 aromatic carbocycles. The average molecular weight is 247 g/mol. The lowest BCUT2D eigenvalue weighted by atomic mass is 9.67. The van der Waals surface area contributed by atoms with Crippen LogP contribution in [-0.4, -0.2) is 18.9 Å². The van der Waals surface area contributed by atoms with E-state index in [0.717, 1.165) is 6.54 Å². The minimum atomic E-state index is 0.273. The van der Waals surface area contributed by atoms with Gasteiger partial charge in [-0.05, 0) is 11.1 Å². The van der Waals surface area contributed by atoms with E-state index in [9.17, 15) is 0 Å². The first-order valence-corrected chi connectivity index (χ1v) is 6.56. The largest absolute Gasteiger partial charge is 0.337 e. The van der Waals surface area contributed by atoms with Crippen LogP contribution in [0.3, 0.4) is 0 Å². The molecule has 2 aromatic rings. The standard InChI is InChI=1S/C16H16BN2/c1-3-8-14(9-4-1)16(15-10-5-2-6-11-15)17-19-13-7-12-18-19/h1-12,16,18H,13H2. The first kappa shape index (κ1) is 12.1. The number of hydrazine groups is 1. The molecular formula is C16H16BN2. The van der Waals surface area contributed by atoms with Gasteiger partial charge in [0.1, 0.15) is 0 Å². The van der Waals surface area contributed by atoms with E-state index in [2.05, 4.69) is 84.5 Å². The molecule has 0 bridgehead atoms. The van der Waals surface area contributed by atoms with E-state index in [0.29, 0.717) is 0 Å². The molecule has 0 saturated carbocycles. The molecule has 0 atom stereocenters. The molecule has 0 saturated heterocycles. The minimum absolute atomic E-state index is 0.273. The Kier molecular flexibility index (Phi) is 3.66. The Bertz CT molecular complexity index is 492. The van der Waals surface area contributed by atoms with Gasteiger partial charge < -0.3 is 5.43 Å². The first-order valence-electron chi connectivity index (χ1n) is 6.56. The van der Waals surface area contributed by atoms with Gasteiger partial charge in [-0.15, -0.1) is 0 Å². The van der Waals surface area contributed by atoms with Crippen molar-refractivity contribution in [3.05, 3.63) is 84.1 Å². The van der Waals surface area contributed by atoms with Crippen molar-refractivity contribution in [2.45, 2.75) is 5.82 Å². The molecule has 1 aliphatic rings. The summed E-state index contributed by atoms with van der Waals surface area (Å²) in [5.74, 6) is 0.273. The molecule has 1 heterocycles. The Morgan fingerprint density at radius 1 is 0.895 bits per heavy atom. The predicted molar refractivity (Wildman–Crippen MR) is 79.5 cm³/mol. The van der Waals surface area contributed by atoms with Gasteiger partial charge >= 0.3 is 0 Å². The summed E-state index contributed by atoms with van der Waals surface area (Å²) in [6.45, 7) is 0.913. The minimum Gasteiger partial charge on any atom is -0.337 e. The van der Waals surface area contributed by atoms with Crippen LogP contribution in [0, 0.1) is 0 Å². The fraction of sp³-hybridized carbons (Fsp3) is 0.125. The third kappa shape index (κ3) is 2.88. The number of hydrogen-bond acceptors (Lipinski definition) is 2. The maximum atomic E-state index is 3.22. The van der Waals surface area contributed by atoms with Crippen molar-refractivity contribution in [3.63, 3.8) is 0 Å². The number of nitrogens with one attached hydrogen (secondary N) is 1. The lowest BCUT2D eigenvalue weighted by molar-refractivity contribution is 0.445. The summed E-state index contributed by atoms with van der Waals surface area (Å²) in [4.78, 5) is 2.12. The van der Waals surface area contributed by atoms with Crippen molar-refractivity contribution in [2.24, 2.45) is 0 Å². The highest BCUT2D eigenvalue weighted by molar-refractivity contribution is 6.35. The third-order valence-electron chi connectivity index (χ3n) is 3.31. The molecule has 0 spiro atoms. The Morgan fingerprint density at radius 3 is 1.95 bits per heavy atom. The van der Waals surface area contributed by atoms with Crippen LogP contribution < -0.4 is 5.43 Å². The molecule has 1 aliphatic heterocycles. The van der Waals surface area contributed by atoms with Crippen LogP contribution in [-0.2, 0) is 0 Å². The molecule has 2 nitrogen and oxygen atoms in total. The van der Waals surface area contributed by atoms with E-state index < -0.39 is 0 Å². The Labute approximate surface area is 115 Å². The summed E-state index contributed by atoms with van der Waals surface area (Å²) in [5.41, 5.74) is 5.84. The number of rotatable bonds is 4. The van der Waals surface area contributed by atoms with Crippen LogP contribution in [0.5, 0.6) is 0 Å². The Morgan fingerprint density at radius 2 is 1.47 bits per heavy atom. The van der Waals surface area contributed by atoms with Gasteiger partial charge in [0.15, 0.2) is 0 Å². The summed E-state index contributed by atoms with van der Waals surface area (Å²) in [6, 6.07) is 21.2. The summed E-state index contributed by atoms with van der Waals surface area (Å²) in [7, 11) is 2.24. The van der Waals surface area contributed by atoms with Crippen LogP contribution >= 0.6 is 0 Å². The van der Waals surface area contributed by atoms with E-state index in [1.54, 1.807) is 0 Å². The third-order valence-corrected chi connectivity index (χ3v) is 3.31. The summed E-state index contributed by atoms with van der Waals surface area (Å²) < 4.78 is 0. The first-order chi connectivity index (χ1) is 9.43. The highest BCUT2D eigenvalue weighted by atomic mass is 15.5. The molecule has 3 rings (SSSR count). The van der Waals surface area contributed by atoms with Crippen molar-refractivity contribution in [2.75, 3.05) is 6.54 Å². The van der Waals surface area contributed by atoms with E-state index in [1.165, 1.54) is 11.1 Å². The zero-order valence-electron chi connectivity index (χ0n) is 10.7. The highest BCUT2D eigenvalue weighted by Crippen LogP contribution is 2.24. The fourth-order valence-electron chi connectivity index (χ4n) is 2.34. The van der Waals surface area contributed by atoms with E-state index in [4.69, 9.17) is 0 Å². The van der Waals surface area contributed by atoms with Crippen LogP contribution in [0.4, 0.5) is 0 Å². The average Bonchev–Trinajstić information content (AvgIpc) is 3.00. The maximum absolute atomic E-state index is 3.22. The summed E-state index contributed by atoms with van der Waals surface area (Å²) in [6.07, 6.45) is 4.09. The second kappa shape index (κ2) is 5.76.